The number of carbonyl (C=O) groups is 3. The van der Waals surface area contributed by atoms with Crippen molar-refractivity contribution >= 4 is 28.7 Å². The number of likely N-dealkylation sites (tertiary alicyclic amines) is 1. The molecule has 1 unspecified atom stereocenters. The van der Waals surface area contributed by atoms with Gasteiger partial charge in [0.05, 0.1) is 11.7 Å². The number of para-hydroxylation sites is 1. The van der Waals surface area contributed by atoms with Crippen molar-refractivity contribution in [2.75, 3.05) is 19.6 Å². The van der Waals surface area contributed by atoms with Crippen molar-refractivity contribution in [3.8, 4) is 0 Å². The Morgan fingerprint density at radius 1 is 0.977 bits per heavy atom. The van der Waals surface area contributed by atoms with Crippen LogP contribution in [0.3, 0.4) is 0 Å². The summed E-state index contributed by atoms with van der Waals surface area (Å²) in [5.74, 6) is -5.55. The Labute approximate surface area is 247 Å². The van der Waals surface area contributed by atoms with Gasteiger partial charge < -0.3 is 24.8 Å². The highest BCUT2D eigenvalue weighted by atomic mass is 19.4. The van der Waals surface area contributed by atoms with Crippen LogP contribution in [0.15, 0.2) is 54.9 Å². The van der Waals surface area contributed by atoms with E-state index in [4.69, 9.17) is 24.5 Å². The van der Waals surface area contributed by atoms with E-state index in [-0.39, 0.29) is 17.6 Å². The minimum atomic E-state index is -5.08. The van der Waals surface area contributed by atoms with Crippen LogP contribution in [0.2, 0.25) is 0 Å². The molecule has 0 bridgehead atoms. The summed E-state index contributed by atoms with van der Waals surface area (Å²) in [7, 11) is 1.94. The number of aliphatic carboxylic acids is 2. The highest BCUT2D eigenvalue weighted by Gasteiger charge is 2.47. The zero-order valence-electron chi connectivity index (χ0n) is 23.4. The summed E-state index contributed by atoms with van der Waals surface area (Å²) in [5.41, 5.74) is 3.09. The third-order valence-electron chi connectivity index (χ3n) is 7.10. The highest BCUT2D eigenvalue weighted by Crippen LogP contribution is 2.41. The summed E-state index contributed by atoms with van der Waals surface area (Å²) >= 11 is 0. The van der Waals surface area contributed by atoms with Gasteiger partial charge in [-0.2, -0.15) is 26.3 Å². The number of rotatable bonds is 5. The molecule has 2 aliphatic rings. The number of pyridine rings is 1. The van der Waals surface area contributed by atoms with Crippen molar-refractivity contribution in [3.63, 3.8) is 0 Å². The smallest absolute Gasteiger partial charge is 0.475 e. The van der Waals surface area contributed by atoms with E-state index in [1.165, 1.54) is 5.56 Å². The SMILES string of the molecule is Cn1c(C(=O)NCC2CC3(CCN(Cc4ccncc4)CC3)O2)cc2ccccc21.O=C(O)C(F)(F)F.O=C(O)C(F)(F)F. The average molecular weight is 633 g/mol. The largest absolute Gasteiger partial charge is 0.490 e. The second kappa shape index (κ2) is 14.1. The molecule has 16 heteroatoms. The number of fused-ring (bicyclic) bond motifs is 1. The van der Waals surface area contributed by atoms with Crippen LogP contribution in [0.25, 0.3) is 10.9 Å². The van der Waals surface area contributed by atoms with Crippen molar-refractivity contribution in [1.29, 1.82) is 0 Å². The van der Waals surface area contributed by atoms with Crippen molar-refractivity contribution in [2.24, 2.45) is 7.05 Å². The summed E-state index contributed by atoms with van der Waals surface area (Å²) in [5, 5.41) is 18.4. The fourth-order valence-electron chi connectivity index (χ4n) is 4.86. The van der Waals surface area contributed by atoms with Crippen LogP contribution in [0, 0.1) is 0 Å². The number of aryl methyl sites for hydroxylation is 1. The molecule has 3 N–H and O–H groups in total. The van der Waals surface area contributed by atoms with Crippen LogP contribution in [0.4, 0.5) is 26.3 Å². The summed E-state index contributed by atoms with van der Waals surface area (Å²) in [6, 6.07) is 14.2. The molecule has 1 aromatic carbocycles. The molecule has 0 radical (unpaired) electrons. The first kappa shape index (κ1) is 34.3. The van der Waals surface area contributed by atoms with E-state index in [9.17, 15) is 31.1 Å². The third kappa shape index (κ3) is 9.41. The zero-order chi connectivity index (χ0) is 32.7. The predicted molar refractivity (Wildman–Crippen MR) is 144 cm³/mol. The van der Waals surface area contributed by atoms with E-state index >= 15 is 0 Å². The van der Waals surface area contributed by atoms with Crippen LogP contribution >= 0.6 is 0 Å². The number of benzene rings is 1. The van der Waals surface area contributed by atoms with E-state index in [1.54, 1.807) is 0 Å². The van der Waals surface area contributed by atoms with Gasteiger partial charge in [-0.25, -0.2) is 9.59 Å². The number of ether oxygens (including phenoxy) is 1. The molecule has 1 spiro atoms. The topological polar surface area (TPSA) is 134 Å². The molecule has 1 amide bonds. The molecule has 3 aromatic rings. The number of alkyl halides is 6. The Morgan fingerprint density at radius 2 is 1.50 bits per heavy atom. The second-order valence-electron chi connectivity index (χ2n) is 10.2. The van der Waals surface area contributed by atoms with E-state index in [1.807, 2.05) is 54.3 Å². The molecule has 0 saturated carbocycles. The number of hydrogen-bond donors (Lipinski definition) is 3. The van der Waals surface area contributed by atoms with Crippen molar-refractivity contribution in [2.45, 2.75) is 49.9 Å². The van der Waals surface area contributed by atoms with E-state index in [0.29, 0.717) is 12.2 Å². The van der Waals surface area contributed by atoms with Gasteiger partial charge in [-0.15, -0.1) is 0 Å². The number of carbonyl (C=O) groups excluding carboxylic acids is 1. The first-order valence-corrected chi connectivity index (χ1v) is 13.2. The monoisotopic (exact) mass is 632 g/mol. The molecule has 240 valence electrons. The molecule has 0 aliphatic carbocycles. The number of carboxylic acids is 2. The van der Waals surface area contributed by atoms with Gasteiger partial charge in [0.25, 0.3) is 5.91 Å². The summed E-state index contributed by atoms with van der Waals surface area (Å²) in [6.45, 7) is 3.65. The number of halogens is 6. The quantitative estimate of drug-likeness (QED) is 0.353. The molecule has 2 saturated heterocycles. The summed E-state index contributed by atoms with van der Waals surface area (Å²) in [6.07, 6.45) is -3.18. The Bertz CT molecular complexity index is 1400. The normalized spacial score (nSPS) is 17.8. The van der Waals surface area contributed by atoms with Crippen LogP contribution in [0.5, 0.6) is 0 Å². The van der Waals surface area contributed by atoms with Crippen molar-refractivity contribution < 1.29 is 55.7 Å². The molecular formula is C28H30F6N4O6. The number of nitrogens with one attached hydrogen (secondary N) is 1. The average Bonchev–Trinajstić information content (AvgIpc) is 3.28. The maximum absolute atomic E-state index is 12.7. The molecule has 5 rings (SSSR count). The highest BCUT2D eigenvalue weighted by molar-refractivity contribution is 5.98. The van der Waals surface area contributed by atoms with Gasteiger partial charge in [0.2, 0.25) is 0 Å². The molecule has 4 heterocycles. The van der Waals surface area contributed by atoms with Gasteiger partial charge in [0, 0.05) is 62.9 Å². The second-order valence-corrected chi connectivity index (χ2v) is 10.2. The zero-order valence-corrected chi connectivity index (χ0v) is 23.4. The molecule has 1 atom stereocenters. The number of aromatic nitrogens is 2. The standard InChI is InChI=1S/C24H28N4O2.2C2HF3O2/c1-27-21-5-3-2-4-19(21)14-22(27)23(29)26-16-20-15-24(30-20)8-12-28(13-9-24)17-18-6-10-25-11-7-18;2*3-2(4,5)1(6)7/h2-7,10-11,14,20H,8-9,12-13,15-17H2,1H3,(H,26,29);2*(H,6,7). The summed E-state index contributed by atoms with van der Waals surface area (Å²) in [4.78, 5) is 37.0. The van der Waals surface area contributed by atoms with Gasteiger partial charge in [0.15, 0.2) is 0 Å². The minimum absolute atomic E-state index is 0.0177. The van der Waals surface area contributed by atoms with E-state index in [0.717, 1.165) is 49.8 Å². The Hall–Kier alpha value is -4.18. The lowest BCUT2D eigenvalue weighted by Crippen LogP contribution is -2.59. The Kier molecular flexibility index (Phi) is 11.0. The number of nitrogens with zero attached hydrogens (tertiary/aromatic N) is 3. The Balaban J connectivity index is 0.000000317. The van der Waals surface area contributed by atoms with Crippen molar-refractivity contribution in [1.82, 2.24) is 19.8 Å². The molecule has 2 aromatic heterocycles. The number of amides is 1. The lowest BCUT2D eigenvalue weighted by atomic mass is 9.80. The lowest BCUT2D eigenvalue weighted by molar-refractivity contribution is -0.222. The van der Waals surface area contributed by atoms with E-state index in [2.05, 4.69) is 27.3 Å². The van der Waals surface area contributed by atoms with Gasteiger partial charge >= 0.3 is 24.3 Å². The number of piperidine rings is 1. The predicted octanol–water partition coefficient (Wildman–Crippen LogP) is 4.39. The van der Waals surface area contributed by atoms with E-state index < -0.39 is 24.3 Å². The Morgan fingerprint density at radius 3 is 2.00 bits per heavy atom. The maximum atomic E-state index is 12.7. The van der Waals surface area contributed by atoms with Gasteiger partial charge in [-0.05, 0) is 42.7 Å². The first-order valence-electron chi connectivity index (χ1n) is 13.2. The van der Waals surface area contributed by atoms with Gasteiger partial charge in [0.1, 0.15) is 5.69 Å². The third-order valence-corrected chi connectivity index (χ3v) is 7.10. The molecule has 2 fully saturated rings. The fourth-order valence-corrected chi connectivity index (χ4v) is 4.86. The van der Waals surface area contributed by atoms with Crippen LogP contribution in [-0.4, -0.2) is 86.2 Å². The van der Waals surface area contributed by atoms with Gasteiger partial charge in [-0.1, -0.05) is 18.2 Å². The van der Waals surface area contributed by atoms with Crippen LogP contribution < -0.4 is 5.32 Å². The maximum Gasteiger partial charge on any atom is 0.490 e. The first-order chi connectivity index (χ1) is 20.5. The summed E-state index contributed by atoms with van der Waals surface area (Å²) < 4.78 is 71.7. The fraction of sp³-hybridized carbons (Fsp3) is 0.429. The molecule has 10 nitrogen and oxygen atoms in total. The number of carboxylic acid groups (broad SMARTS) is 2. The van der Waals surface area contributed by atoms with Crippen molar-refractivity contribution in [3.05, 3.63) is 66.1 Å². The van der Waals surface area contributed by atoms with Crippen LogP contribution in [0.1, 0.15) is 35.3 Å². The molecule has 44 heavy (non-hydrogen) atoms. The minimum Gasteiger partial charge on any atom is -0.475 e. The lowest BCUT2D eigenvalue weighted by Gasteiger charge is -2.52. The number of hydrogen-bond acceptors (Lipinski definition) is 6. The van der Waals surface area contributed by atoms with Crippen LogP contribution in [-0.2, 0) is 27.9 Å². The molecular weight excluding hydrogens is 602 g/mol. The van der Waals surface area contributed by atoms with Gasteiger partial charge in [-0.3, -0.25) is 14.7 Å². The molecule has 2 aliphatic heterocycles.